The number of alkyl halides is 4. The molecule has 0 amide bonds. The normalized spacial score (nSPS) is 11.6. The lowest BCUT2D eigenvalue weighted by Crippen LogP contribution is -2.08. The maximum absolute atomic E-state index is 13.4. The Morgan fingerprint density at radius 1 is 1.00 bits per heavy atom. The van der Waals surface area contributed by atoms with Gasteiger partial charge in [-0.1, -0.05) is 12.1 Å². The van der Waals surface area contributed by atoms with E-state index in [0.717, 1.165) is 10.4 Å². The smallest absolute Gasteiger partial charge is 0.282 e. The topological polar surface area (TPSA) is 49.0 Å². The SMILES string of the molecule is COc1ccc(/C=C/C(=O)c2ccc(-n3cccc3)cc2)cc1Cn1nc(C(F)F)cc1C(F)F. The number of ketones is 1. The summed E-state index contributed by atoms with van der Waals surface area (Å²) < 4.78 is 60.8. The maximum atomic E-state index is 13.4. The molecular formula is C26H21F4N3O2. The zero-order valence-electron chi connectivity index (χ0n) is 18.6. The number of nitrogens with zero attached hydrogens (tertiary/aromatic N) is 3. The lowest BCUT2D eigenvalue weighted by molar-refractivity contribution is 0.104. The predicted molar refractivity (Wildman–Crippen MR) is 123 cm³/mol. The molecule has 0 fully saturated rings. The molecule has 9 heteroatoms. The second-order valence-electron chi connectivity index (χ2n) is 7.66. The lowest BCUT2D eigenvalue weighted by Gasteiger charge is -2.12. The molecule has 0 aliphatic heterocycles. The van der Waals surface area contributed by atoms with Gasteiger partial charge < -0.3 is 9.30 Å². The fraction of sp³-hybridized carbons (Fsp3) is 0.154. The highest BCUT2D eigenvalue weighted by atomic mass is 19.3. The summed E-state index contributed by atoms with van der Waals surface area (Å²) >= 11 is 0. The van der Waals surface area contributed by atoms with Gasteiger partial charge in [0.2, 0.25) is 0 Å². The van der Waals surface area contributed by atoms with Gasteiger partial charge in [0.1, 0.15) is 17.1 Å². The van der Waals surface area contributed by atoms with Crippen LogP contribution in [0.4, 0.5) is 17.6 Å². The Labute approximate surface area is 198 Å². The van der Waals surface area contributed by atoms with Gasteiger partial charge in [0.25, 0.3) is 12.9 Å². The second-order valence-corrected chi connectivity index (χ2v) is 7.66. The van der Waals surface area contributed by atoms with E-state index < -0.39 is 24.2 Å². The summed E-state index contributed by atoms with van der Waals surface area (Å²) in [5, 5.41) is 3.63. The van der Waals surface area contributed by atoms with Crippen LogP contribution in [0.5, 0.6) is 5.75 Å². The van der Waals surface area contributed by atoms with Gasteiger partial charge in [-0.05, 0) is 66.2 Å². The van der Waals surface area contributed by atoms with Gasteiger partial charge in [0, 0.05) is 29.2 Å². The summed E-state index contributed by atoms with van der Waals surface area (Å²) in [4.78, 5) is 12.6. The number of methoxy groups -OCH3 is 1. The molecule has 4 aromatic rings. The minimum atomic E-state index is -2.97. The standard InChI is InChI=1S/C26H21F4N3O2/c1-35-24-11-5-17(14-19(24)16-33-22(26(29)30)15-21(31-33)25(27)28)4-10-23(34)18-6-8-20(9-7-18)32-12-2-3-13-32/h2-15,25-26H,16H2,1H3/b10-4+. The van der Waals surface area contributed by atoms with Gasteiger partial charge in [-0.2, -0.15) is 5.10 Å². The number of aromatic nitrogens is 3. The van der Waals surface area contributed by atoms with E-state index in [1.807, 2.05) is 41.2 Å². The first-order valence-corrected chi connectivity index (χ1v) is 10.6. The molecular weight excluding hydrogens is 462 g/mol. The van der Waals surface area contributed by atoms with E-state index in [4.69, 9.17) is 4.74 Å². The van der Waals surface area contributed by atoms with Crippen LogP contribution in [0.1, 0.15) is 45.7 Å². The quantitative estimate of drug-likeness (QED) is 0.155. The number of carbonyl (C=O) groups is 1. The number of hydrogen-bond acceptors (Lipinski definition) is 3. The van der Waals surface area contributed by atoms with Gasteiger partial charge in [0.15, 0.2) is 5.78 Å². The van der Waals surface area contributed by atoms with Crippen molar-refractivity contribution in [3.8, 4) is 11.4 Å². The minimum Gasteiger partial charge on any atom is -0.496 e. The third-order valence-electron chi connectivity index (χ3n) is 5.38. The number of allylic oxidation sites excluding steroid dienone is 1. The van der Waals surface area contributed by atoms with Crippen LogP contribution < -0.4 is 4.74 Å². The lowest BCUT2D eigenvalue weighted by atomic mass is 10.1. The molecule has 2 heterocycles. The summed E-state index contributed by atoms with van der Waals surface area (Å²) in [6.45, 7) is -0.202. The van der Waals surface area contributed by atoms with Crippen molar-refractivity contribution in [1.82, 2.24) is 14.3 Å². The number of ether oxygens (including phenoxy) is 1. The van der Waals surface area contributed by atoms with Crippen molar-refractivity contribution in [1.29, 1.82) is 0 Å². The van der Waals surface area contributed by atoms with Crippen LogP contribution >= 0.6 is 0 Å². The highest BCUT2D eigenvalue weighted by Crippen LogP contribution is 2.28. The average Bonchev–Trinajstić information content (AvgIpc) is 3.53. The molecule has 5 nitrogen and oxygen atoms in total. The Morgan fingerprint density at radius 2 is 1.71 bits per heavy atom. The zero-order valence-corrected chi connectivity index (χ0v) is 18.6. The number of rotatable bonds is 9. The Kier molecular flexibility index (Phi) is 7.14. The van der Waals surface area contributed by atoms with Crippen LogP contribution in [0, 0.1) is 0 Å². The molecule has 0 radical (unpaired) electrons. The van der Waals surface area contributed by atoms with Gasteiger partial charge in [0.05, 0.1) is 13.7 Å². The molecule has 35 heavy (non-hydrogen) atoms. The van der Waals surface area contributed by atoms with Crippen molar-refractivity contribution < 1.29 is 27.1 Å². The van der Waals surface area contributed by atoms with E-state index in [1.165, 1.54) is 13.2 Å². The molecule has 2 aromatic carbocycles. The van der Waals surface area contributed by atoms with Crippen LogP contribution in [0.2, 0.25) is 0 Å². The Bertz CT molecular complexity index is 1330. The molecule has 0 aliphatic rings. The van der Waals surface area contributed by atoms with Crippen molar-refractivity contribution in [3.05, 3.63) is 107 Å². The highest BCUT2D eigenvalue weighted by molar-refractivity contribution is 6.06. The maximum Gasteiger partial charge on any atom is 0.282 e. The van der Waals surface area contributed by atoms with Gasteiger partial charge >= 0.3 is 0 Å². The molecule has 0 spiro atoms. The molecule has 0 saturated heterocycles. The van der Waals surface area contributed by atoms with Gasteiger partial charge in [-0.25, -0.2) is 17.6 Å². The van der Waals surface area contributed by atoms with Crippen molar-refractivity contribution in [2.24, 2.45) is 0 Å². The monoisotopic (exact) mass is 483 g/mol. The second kappa shape index (κ2) is 10.4. The summed E-state index contributed by atoms with van der Waals surface area (Å²) in [6, 6.07) is 16.6. The molecule has 4 rings (SSSR count). The largest absolute Gasteiger partial charge is 0.496 e. The van der Waals surface area contributed by atoms with E-state index in [0.29, 0.717) is 28.5 Å². The molecule has 0 N–H and O–H groups in total. The third-order valence-corrected chi connectivity index (χ3v) is 5.38. The number of carbonyl (C=O) groups excluding carboxylic acids is 1. The van der Waals surface area contributed by atoms with Crippen LogP contribution in [0.15, 0.2) is 79.1 Å². The van der Waals surface area contributed by atoms with Crippen LogP contribution in [-0.4, -0.2) is 27.2 Å². The Hall–Kier alpha value is -4.14. The molecule has 180 valence electrons. The van der Waals surface area contributed by atoms with Crippen molar-refractivity contribution >= 4 is 11.9 Å². The Morgan fingerprint density at radius 3 is 2.34 bits per heavy atom. The first kappa shape index (κ1) is 24.0. The van der Waals surface area contributed by atoms with E-state index >= 15 is 0 Å². The molecule has 2 aromatic heterocycles. The van der Waals surface area contributed by atoms with E-state index in [2.05, 4.69) is 5.10 Å². The summed E-state index contributed by atoms with van der Waals surface area (Å²) in [5.41, 5.74) is 1.16. The van der Waals surface area contributed by atoms with E-state index in [1.54, 1.807) is 36.4 Å². The highest BCUT2D eigenvalue weighted by Gasteiger charge is 2.22. The molecule has 0 saturated carbocycles. The fourth-order valence-electron chi connectivity index (χ4n) is 3.62. The summed E-state index contributed by atoms with van der Waals surface area (Å²) in [6.07, 6.45) is 0.870. The number of halogens is 4. The predicted octanol–water partition coefficient (Wildman–Crippen LogP) is 6.50. The average molecular weight is 483 g/mol. The molecule has 0 aliphatic carbocycles. The van der Waals surface area contributed by atoms with Crippen LogP contribution in [0.3, 0.4) is 0 Å². The third kappa shape index (κ3) is 5.51. The van der Waals surface area contributed by atoms with Crippen molar-refractivity contribution in [2.75, 3.05) is 7.11 Å². The number of hydrogen-bond donors (Lipinski definition) is 0. The van der Waals surface area contributed by atoms with Gasteiger partial charge in [-0.3, -0.25) is 9.48 Å². The molecule has 0 unspecified atom stereocenters. The van der Waals surface area contributed by atoms with E-state index in [9.17, 15) is 22.4 Å². The fourth-order valence-corrected chi connectivity index (χ4v) is 3.62. The first-order valence-electron chi connectivity index (χ1n) is 10.6. The van der Waals surface area contributed by atoms with Crippen molar-refractivity contribution in [2.45, 2.75) is 19.4 Å². The van der Waals surface area contributed by atoms with Crippen LogP contribution in [-0.2, 0) is 6.54 Å². The first-order chi connectivity index (χ1) is 16.9. The minimum absolute atomic E-state index is 0.202. The zero-order chi connectivity index (χ0) is 24.9. The summed E-state index contributed by atoms with van der Waals surface area (Å²) in [5.74, 6) is 0.165. The summed E-state index contributed by atoms with van der Waals surface area (Å²) in [7, 11) is 1.41. The Balaban J connectivity index is 1.54. The molecule has 0 atom stereocenters. The van der Waals surface area contributed by atoms with Crippen molar-refractivity contribution in [3.63, 3.8) is 0 Å². The molecule has 0 bridgehead atoms. The number of benzene rings is 2. The van der Waals surface area contributed by atoms with Crippen LogP contribution in [0.25, 0.3) is 11.8 Å². The van der Waals surface area contributed by atoms with Gasteiger partial charge in [-0.15, -0.1) is 0 Å². The van der Waals surface area contributed by atoms with E-state index in [-0.39, 0.29) is 12.3 Å².